The van der Waals surface area contributed by atoms with Crippen LogP contribution in [0.3, 0.4) is 0 Å². The first-order valence-corrected chi connectivity index (χ1v) is 11.8. The average molecular weight is 485 g/mol. The molecule has 0 spiro atoms. The Morgan fingerprint density at radius 1 is 1.16 bits per heavy atom. The van der Waals surface area contributed by atoms with Crippen LogP contribution in [0.25, 0.3) is 0 Å². The topological polar surface area (TPSA) is 92.3 Å². The number of halogens is 3. The van der Waals surface area contributed by atoms with E-state index < -0.39 is 33.6 Å². The third-order valence-electron chi connectivity index (χ3n) is 4.72. The molecule has 1 aliphatic heterocycles. The molecule has 0 unspecified atom stereocenters. The van der Waals surface area contributed by atoms with E-state index in [9.17, 15) is 22.0 Å². The van der Waals surface area contributed by atoms with Crippen LogP contribution in [0.4, 0.5) is 14.5 Å². The molecule has 2 aromatic carbocycles. The summed E-state index contributed by atoms with van der Waals surface area (Å²) >= 11 is 6.77. The summed E-state index contributed by atoms with van der Waals surface area (Å²) in [5.74, 6) is -2.41. The summed E-state index contributed by atoms with van der Waals surface area (Å²) in [4.78, 5) is 12.5. The van der Waals surface area contributed by atoms with Crippen molar-refractivity contribution in [3.63, 3.8) is 0 Å². The van der Waals surface area contributed by atoms with E-state index in [0.29, 0.717) is 35.5 Å². The van der Waals surface area contributed by atoms with Gasteiger partial charge >= 0.3 is 0 Å². The summed E-state index contributed by atoms with van der Waals surface area (Å²) in [6.45, 7) is 0.303. The molecule has 0 bridgehead atoms. The first-order valence-electron chi connectivity index (χ1n) is 9.13. The van der Waals surface area contributed by atoms with Crippen molar-refractivity contribution in [3.05, 3.63) is 69.1 Å². The number of hydrogen-bond donors (Lipinski definition) is 1. The number of nitrogens with one attached hydrogen (secondary N) is 1. The van der Waals surface area contributed by atoms with Gasteiger partial charge < -0.3 is 5.32 Å². The molecule has 3 aromatic rings. The summed E-state index contributed by atoms with van der Waals surface area (Å²) in [6, 6.07) is 8.07. The van der Waals surface area contributed by atoms with Crippen LogP contribution < -0.4 is 5.32 Å². The number of hydrogen-bond acceptors (Lipinski definition) is 6. The second-order valence-corrected chi connectivity index (χ2v) is 10.1. The molecular weight excluding hydrogens is 470 g/mol. The minimum absolute atomic E-state index is 0.0607. The van der Waals surface area contributed by atoms with Crippen LogP contribution in [0.5, 0.6) is 0 Å². The Morgan fingerprint density at radius 3 is 2.61 bits per heavy atom. The molecule has 1 aliphatic rings. The maximum Gasteiger partial charge on any atom is 0.286 e. The van der Waals surface area contributed by atoms with Gasteiger partial charge in [0.05, 0.1) is 16.6 Å². The van der Waals surface area contributed by atoms with E-state index in [-0.39, 0.29) is 15.6 Å². The Bertz CT molecular complexity index is 1240. The Kier molecular flexibility index (Phi) is 6.02. The van der Waals surface area contributed by atoms with Gasteiger partial charge in [-0.25, -0.2) is 17.2 Å². The number of anilines is 1. The molecule has 0 saturated carbocycles. The highest BCUT2D eigenvalue weighted by molar-refractivity contribution is 7.89. The average Bonchev–Trinajstić information content (AvgIpc) is 3.40. The molecule has 1 saturated heterocycles. The molecule has 0 aliphatic carbocycles. The van der Waals surface area contributed by atoms with Crippen molar-refractivity contribution in [1.82, 2.24) is 14.5 Å². The van der Waals surface area contributed by atoms with Crippen molar-refractivity contribution in [2.24, 2.45) is 0 Å². The maximum atomic E-state index is 13.8. The molecule has 1 fully saturated rings. The van der Waals surface area contributed by atoms with Crippen LogP contribution in [0, 0.1) is 11.6 Å². The Labute approximate surface area is 185 Å². The SMILES string of the molecule is O=C(Nc1ccc(F)cc1F)c1nnc([C@H]2CCCN2S(=O)(=O)c2ccc(Cl)cc2)s1. The van der Waals surface area contributed by atoms with E-state index in [1.54, 1.807) is 0 Å². The highest BCUT2D eigenvalue weighted by Gasteiger charge is 2.38. The smallest absolute Gasteiger partial charge is 0.286 e. The van der Waals surface area contributed by atoms with Crippen molar-refractivity contribution in [2.45, 2.75) is 23.8 Å². The first kappa shape index (κ1) is 21.8. The number of sulfonamides is 1. The van der Waals surface area contributed by atoms with Crippen molar-refractivity contribution in [1.29, 1.82) is 0 Å². The molecule has 12 heteroatoms. The van der Waals surface area contributed by atoms with E-state index in [2.05, 4.69) is 15.5 Å². The number of carbonyl (C=O) groups excluding carboxylic acids is 1. The highest BCUT2D eigenvalue weighted by Crippen LogP contribution is 2.38. The molecule has 1 amide bonds. The van der Waals surface area contributed by atoms with Crippen LogP contribution in [0.1, 0.15) is 33.7 Å². The van der Waals surface area contributed by atoms with Gasteiger partial charge in [-0.2, -0.15) is 4.31 Å². The van der Waals surface area contributed by atoms with Gasteiger partial charge in [-0.3, -0.25) is 4.79 Å². The minimum Gasteiger partial charge on any atom is -0.317 e. The lowest BCUT2D eigenvalue weighted by atomic mass is 10.2. The summed E-state index contributed by atoms with van der Waals surface area (Å²) in [6.07, 6.45) is 1.15. The zero-order valence-corrected chi connectivity index (χ0v) is 18.1. The van der Waals surface area contributed by atoms with Crippen LogP contribution in [-0.2, 0) is 10.0 Å². The van der Waals surface area contributed by atoms with E-state index in [1.807, 2.05) is 0 Å². The molecule has 7 nitrogen and oxygen atoms in total. The third-order valence-corrected chi connectivity index (χ3v) is 7.92. The highest BCUT2D eigenvalue weighted by atomic mass is 35.5. The molecule has 162 valence electrons. The fraction of sp³-hybridized carbons (Fsp3) is 0.211. The fourth-order valence-corrected chi connectivity index (χ4v) is 5.98. The summed E-state index contributed by atoms with van der Waals surface area (Å²) < 4.78 is 54.3. The van der Waals surface area contributed by atoms with E-state index in [1.165, 1.54) is 28.6 Å². The van der Waals surface area contributed by atoms with Gasteiger partial charge in [0.1, 0.15) is 16.6 Å². The zero-order chi connectivity index (χ0) is 22.2. The minimum atomic E-state index is -3.79. The van der Waals surface area contributed by atoms with Crippen molar-refractivity contribution < 1.29 is 22.0 Å². The van der Waals surface area contributed by atoms with Gasteiger partial charge in [0.2, 0.25) is 15.0 Å². The van der Waals surface area contributed by atoms with Crippen LogP contribution in [0.15, 0.2) is 47.4 Å². The lowest BCUT2D eigenvalue weighted by molar-refractivity contribution is 0.102. The number of benzene rings is 2. The Hall–Kier alpha value is -2.47. The molecule has 1 aromatic heterocycles. The molecule has 31 heavy (non-hydrogen) atoms. The Morgan fingerprint density at radius 2 is 1.90 bits per heavy atom. The zero-order valence-electron chi connectivity index (χ0n) is 15.8. The second-order valence-electron chi connectivity index (χ2n) is 6.75. The molecule has 0 radical (unpaired) electrons. The quantitative estimate of drug-likeness (QED) is 0.584. The fourth-order valence-electron chi connectivity index (χ4n) is 3.24. The second kappa shape index (κ2) is 8.58. The molecule has 1 atom stereocenters. The van der Waals surface area contributed by atoms with Crippen LogP contribution in [0.2, 0.25) is 5.02 Å². The van der Waals surface area contributed by atoms with Crippen LogP contribution in [-0.4, -0.2) is 35.4 Å². The van der Waals surface area contributed by atoms with Gasteiger partial charge in [0.25, 0.3) is 5.91 Å². The maximum absolute atomic E-state index is 13.8. The summed E-state index contributed by atoms with van der Waals surface area (Å²) in [5.41, 5.74) is -0.198. The van der Waals surface area contributed by atoms with Crippen molar-refractivity contribution >= 4 is 44.6 Å². The van der Waals surface area contributed by atoms with Crippen LogP contribution >= 0.6 is 22.9 Å². The van der Waals surface area contributed by atoms with Gasteiger partial charge in [-0.15, -0.1) is 10.2 Å². The molecule has 2 heterocycles. The molecular formula is C19H15ClF2N4O3S2. The van der Waals surface area contributed by atoms with E-state index >= 15 is 0 Å². The summed E-state index contributed by atoms with van der Waals surface area (Å²) in [7, 11) is -3.79. The van der Waals surface area contributed by atoms with Gasteiger partial charge in [0.15, 0.2) is 0 Å². The number of amides is 1. The van der Waals surface area contributed by atoms with E-state index in [4.69, 9.17) is 11.6 Å². The number of nitrogens with zero attached hydrogens (tertiary/aromatic N) is 3. The summed E-state index contributed by atoms with van der Waals surface area (Å²) in [5, 5.41) is 10.9. The third kappa shape index (κ3) is 4.45. The number of rotatable bonds is 5. The predicted octanol–water partition coefficient (Wildman–Crippen LogP) is 4.25. The van der Waals surface area contributed by atoms with Crippen molar-refractivity contribution in [2.75, 3.05) is 11.9 Å². The van der Waals surface area contributed by atoms with Gasteiger partial charge in [0, 0.05) is 17.6 Å². The normalized spacial score (nSPS) is 17.1. The van der Waals surface area contributed by atoms with Crippen molar-refractivity contribution in [3.8, 4) is 0 Å². The first-order chi connectivity index (χ1) is 14.8. The predicted molar refractivity (Wildman–Crippen MR) is 112 cm³/mol. The number of aromatic nitrogens is 2. The lowest BCUT2D eigenvalue weighted by Gasteiger charge is -2.22. The largest absolute Gasteiger partial charge is 0.317 e. The molecule has 4 rings (SSSR count). The monoisotopic (exact) mass is 484 g/mol. The lowest BCUT2D eigenvalue weighted by Crippen LogP contribution is -2.30. The van der Waals surface area contributed by atoms with Gasteiger partial charge in [-0.05, 0) is 49.2 Å². The number of carbonyl (C=O) groups is 1. The standard InChI is InChI=1S/C19H15ClF2N4O3S2/c20-11-3-6-13(7-4-11)31(28,29)26-9-1-2-16(26)18-24-25-19(30-18)17(27)23-15-8-5-12(21)10-14(15)22/h3-8,10,16H,1-2,9H2,(H,23,27)/t16-/m1/s1. The van der Waals surface area contributed by atoms with E-state index in [0.717, 1.165) is 23.5 Å². The Balaban J connectivity index is 1.55. The van der Waals surface area contributed by atoms with Gasteiger partial charge in [-0.1, -0.05) is 22.9 Å². The molecule has 1 N–H and O–H groups in total.